The zero-order valence-corrected chi connectivity index (χ0v) is 11.9. The molecule has 0 N–H and O–H groups in total. The minimum absolute atomic E-state index is 0.873. The number of halogens is 1. The maximum absolute atomic E-state index is 4.52. The number of piperidine rings is 1. The van der Waals surface area contributed by atoms with Gasteiger partial charge in [-0.15, -0.1) is 0 Å². The molecule has 1 aliphatic rings. The smallest absolute Gasteiger partial charge is 0.130 e. The summed E-state index contributed by atoms with van der Waals surface area (Å²) in [6.07, 6.45) is 2.60. The van der Waals surface area contributed by atoms with Gasteiger partial charge in [0.15, 0.2) is 0 Å². The SMILES string of the molecule is Cc1nn(C)c(N2CCC(C)CC2)c1CBr. The van der Waals surface area contributed by atoms with Gasteiger partial charge in [-0.05, 0) is 25.7 Å². The van der Waals surface area contributed by atoms with Gasteiger partial charge < -0.3 is 4.90 Å². The molecule has 2 heterocycles. The standard InChI is InChI=1S/C12H20BrN3/c1-9-4-6-16(7-5-9)12-11(8-13)10(2)14-15(12)3/h9H,4-8H2,1-3H3. The highest BCUT2D eigenvalue weighted by molar-refractivity contribution is 9.08. The molecule has 0 aromatic carbocycles. The van der Waals surface area contributed by atoms with E-state index in [0.29, 0.717) is 0 Å². The van der Waals surface area contributed by atoms with Gasteiger partial charge in [-0.25, -0.2) is 0 Å². The van der Waals surface area contributed by atoms with E-state index in [4.69, 9.17) is 0 Å². The summed E-state index contributed by atoms with van der Waals surface area (Å²) >= 11 is 3.57. The molecule has 1 aliphatic heterocycles. The maximum atomic E-state index is 4.52. The molecule has 1 aromatic rings. The molecular weight excluding hydrogens is 266 g/mol. The van der Waals surface area contributed by atoms with E-state index in [2.05, 4.69) is 39.8 Å². The van der Waals surface area contributed by atoms with Gasteiger partial charge >= 0.3 is 0 Å². The van der Waals surface area contributed by atoms with Gasteiger partial charge in [0.25, 0.3) is 0 Å². The molecule has 1 aromatic heterocycles. The first-order chi connectivity index (χ1) is 7.63. The molecule has 0 radical (unpaired) electrons. The average molecular weight is 286 g/mol. The van der Waals surface area contributed by atoms with Crippen molar-refractivity contribution in [2.45, 2.75) is 32.0 Å². The minimum Gasteiger partial charge on any atom is -0.357 e. The van der Waals surface area contributed by atoms with Crippen LogP contribution in [0.5, 0.6) is 0 Å². The van der Waals surface area contributed by atoms with Gasteiger partial charge in [0.1, 0.15) is 5.82 Å². The number of aryl methyl sites for hydroxylation is 2. The van der Waals surface area contributed by atoms with E-state index >= 15 is 0 Å². The fourth-order valence-electron chi connectivity index (χ4n) is 2.46. The Labute approximate surface area is 106 Å². The highest BCUT2D eigenvalue weighted by Gasteiger charge is 2.22. The maximum Gasteiger partial charge on any atom is 0.130 e. The van der Waals surface area contributed by atoms with E-state index in [0.717, 1.165) is 16.9 Å². The molecule has 0 atom stereocenters. The van der Waals surface area contributed by atoms with Crippen molar-refractivity contribution in [3.05, 3.63) is 11.3 Å². The van der Waals surface area contributed by atoms with E-state index in [-0.39, 0.29) is 0 Å². The van der Waals surface area contributed by atoms with E-state index in [1.807, 2.05) is 11.7 Å². The first-order valence-electron chi connectivity index (χ1n) is 5.97. The number of nitrogens with zero attached hydrogens (tertiary/aromatic N) is 3. The van der Waals surface area contributed by atoms with Crippen LogP contribution in [0.15, 0.2) is 0 Å². The van der Waals surface area contributed by atoms with Crippen molar-refractivity contribution in [1.29, 1.82) is 0 Å². The van der Waals surface area contributed by atoms with Crippen molar-refractivity contribution in [3.63, 3.8) is 0 Å². The molecule has 0 bridgehead atoms. The van der Waals surface area contributed by atoms with Crippen LogP contribution < -0.4 is 4.90 Å². The van der Waals surface area contributed by atoms with Crippen LogP contribution in [0.2, 0.25) is 0 Å². The van der Waals surface area contributed by atoms with Crippen molar-refractivity contribution in [1.82, 2.24) is 9.78 Å². The quantitative estimate of drug-likeness (QED) is 0.779. The molecular formula is C12H20BrN3. The average Bonchev–Trinajstić information content (AvgIpc) is 2.54. The molecule has 0 saturated carbocycles. The highest BCUT2D eigenvalue weighted by atomic mass is 79.9. The third-order valence-corrected chi connectivity index (χ3v) is 4.09. The van der Waals surface area contributed by atoms with Gasteiger partial charge in [0.2, 0.25) is 0 Å². The predicted molar refractivity (Wildman–Crippen MR) is 71.2 cm³/mol. The monoisotopic (exact) mass is 285 g/mol. The molecule has 4 heteroatoms. The van der Waals surface area contributed by atoms with Gasteiger partial charge in [-0.2, -0.15) is 5.10 Å². The second-order valence-corrected chi connectivity index (χ2v) is 5.38. The van der Waals surface area contributed by atoms with E-state index < -0.39 is 0 Å². The minimum atomic E-state index is 0.873. The number of alkyl halides is 1. The van der Waals surface area contributed by atoms with Crippen molar-refractivity contribution >= 4 is 21.7 Å². The van der Waals surface area contributed by atoms with Crippen LogP contribution in [-0.2, 0) is 12.4 Å². The summed E-state index contributed by atoms with van der Waals surface area (Å²) in [6.45, 7) is 6.77. The lowest BCUT2D eigenvalue weighted by Crippen LogP contribution is -2.34. The molecule has 2 rings (SSSR count). The lowest BCUT2D eigenvalue weighted by atomic mass is 9.99. The van der Waals surface area contributed by atoms with Crippen LogP contribution in [-0.4, -0.2) is 22.9 Å². The summed E-state index contributed by atoms with van der Waals surface area (Å²) in [5, 5.41) is 5.42. The molecule has 0 spiro atoms. The van der Waals surface area contributed by atoms with Gasteiger partial charge in [-0.3, -0.25) is 4.68 Å². The third-order valence-electron chi connectivity index (χ3n) is 3.53. The van der Waals surface area contributed by atoms with Crippen LogP contribution in [0.3, 0.4) is 0 Å². The molecule has 0 amide bonds. The number of hydrogen-bond donors (Lipinski definition) is 0. The normalized spacial score (nSPS) is 18.1. The Morgan fingerprint density at radius 3 is 2.56 bits per heavy atom. The van der Waals surface area contributed by atoms with Crippen molar-refractivity contribution in [2.75, 3.05) is 18.0 Å². The summed E-state index contributed by atoms with van der Waals surface area (Å²) in [6, 6.07) is 0. The van der Waals surface area contributed by atoms with E-state index in [9.17, 15) is 0 Å². The zero-order chi connectivity index (χ0) is 11.7. The zero-order valence-electron chi connectivity index (χ0n) is 10.3. The van der Waals surface area contributed by atoms with Crippen molar-refractivity contribution in [3.8, 4) is 0 Å². The van der Waals surface area contributed by atoms with Crippen LogP contribution in [0, 0.1) is 12.8 Å². The first-order valence-corrected chi connectivity index (χ1v) is 7.09. The summed E-state index contributed by atoms with van der Waals surface area (Å²) in [5.41, 5.74) is 2.49. The Hall–Kier alpha value is -0.510. The Morgan fingerprint density at radius 1 is 1.38 bits per heavy atom. The van der Waals surface area contributed by atoms with Crippen LogP contribution in [0.4, 0.5) is 5.82 Å². The predicted octanol–water partition coefficient (Wildman–Crippen LogP) is 2.86. The molecule has 1 fully saturated rings. The van der Waals surface area contributed by atoms with Crippen LogP contribution in [0.1, 0.15) is 31.0 Å². The Morgan fingerprint density at radius 2 is 2.00 bits per heavy atom. The fourth-order valence-corrected chi connectivity index (χ4v) is 3.12. The number of rotatable bonds is 2. The van der Waals surface area contributed by atoms with Crippen molar-refractivity contribution < 1.29 is 0 Å². The molecule has 1 saturated heterocycles. The number of aromatic nitrogens is 2. The van der Waals surface area contributed by atoms with E-state index in [1.54, 1.807) is 0 Å². The van der Waals surface area contributed by atoms with Gasteiger partial charge in [0.05, 0.1) is 5.69 Å². The number of anilines is 1. The molecule has 3 nitrogen and oxygen atoms in total. The topological polar surface area (TPSA) is 21.1 Å². The highest BCUT2D eigenvalue weighted by Crippen LogP contribution is 2.29. The number of hydrogen-bond acceptors (Lipinski definition) is 2. The Balaban J connectivity index is 2.25. The summed E-state index contributed by atoms with van der Waals surface area (Å²) in [5.74, 6) is 2.18. The summed E-state index contributed by atoms with van der Waals surface area (Å²) in [4.78, 5) is 2.48. The van der Waals surface area contributed by atoms with E-state index in [1.165, 1.54) is 37.3 Å². The fraction of sp³-hybridized carbons (Fsp3) is 0.750. The molecule has 90 valence electrons. The lowest BCUT2D eigenvalue weighted by Gasteiger charge is -2.32. The van der Waals surface area contributed by atoms with Gasteiger partial charge in [0, 0.05) is 31.0 Å². The van der Waals surface area contributed by atoms with Crippen molar-refractivity contribution in [2.24, 2.45) is 13.0 Å². The molecule has 16 heavy (non-hydrogen) atoms. The summed E-state index contributed by atoms with van der Waals surface area (Å²) < 4.78 is 2.03. The largest absolute Gasteiger partial charge is 0.357 e. The first kappa shape index (κ1) is 12.0. The molecule has 0 aliphatic carbocycles. The summed E-state index contributed by atoms with van der Waals surface area (Å²) in [7, 11) is 2.05. The Kier molecular flexibility index (Phi) is 3.57. The Bertz CT molecular complexity index is 365. The van der Waals surface area contributed by atoms with Crippen LogP contribution >= 0.6 is 15.9 Å². The lowest BCUT2D eigenvalue weighted by molar-refractivity contribution is 0.433. The second-order valence-electron chi connectivity index (χ2n) is 4.81. The van der Waals surface area contributed by atoms with Crippen LogP contribution in [0.25, 0.3) is 0 Å². The second kappa shape index (κ2) is 4.78. The molecule has 0 unspecified atom stereocenters. The third kappa shape index (κ3) is 2.12. The van der Waals surface area contributed by atoms with Gasteiger partial charge in [-0.1, -0.05) is 22.9 Å².